The van der Waals surface area contributed by atoms with Crippen LogP contribution in [0.15, 0.2) is 34.3 Å². The Hall–Kier alpha value is -2.91. The van der Waals surface area contributed by atoms with Crippen LogP contribution < -0.4 is 0 Å². The Labute approximate surface area is 214 Å². The van der Waals surface area contributed by atoms with E-state index >= 15 is 0 Å². The van der Waals surface area contributed by atoms with Crippen LogP contribution in [0.5, 0.6) is 0 Å². The van der Waals surface area contributed by atoms with Crippen LogP contribution in [0, 0.1) is 13.8 Å². The first-order valence-corrected chi connectivity index (χ1v) is 12.5. The summed E-state index contributed by atoms with van der Waals surface area (Å²) < 4.78 is 5.62. The molecule has 0 spiro atoms. The van der Waals surface area contributed by atoms with Crippen LogP contribution in [0.4, 0.5) is 0 Å². The summed E-state index contributed by atoms with van der Waals surface area (Å²) >= 11 is 3.47. The minimum atomic E-state index is -0.750. The zero-order valence-electron chi connectivity index (χ0n) is 20.8. The van der Waals surface area contributed by atoms with Gasteiger partial charge >= 0.3 is 5.97 Å². The maximum Gasteiger partial charge on any atom is 0.354 e. The molecule has 9 heteroatoms. The molecule has 8 nitrogen and oxygen atoms in total. The van der Waals surface area contributed by atoms with E-state index in [-0.39, 0.29) is 17.0 Å². The quantitative estimate of drug-likeness (QED) is 0.210. The first-order valence-electron chi connectivity index (χ1n) is 11.7. The average Bonchev–Trinajstić information content (AvgIpc) is 3.28. The van der Waals surface area contributed by atoms with Crippen molar-refractivity contribution in [2.75, 3.05) is 33.3 Å². The van der Waals surface area contributed by atoms with Crippen molar-refractivity contribution in [2.45, 2.75) is 40.2 Å². The number of aromatic nitrogens is 1. The molecule has 1 fully saturated rings. The van der Waals surface area contributed by atoms with Gasteiger partial charge in [0.2, 0.25) is 0 Å². The molecule has 1 aliphatic heterocycles. The average molecular weight is 546 g/mol. The molecule has 1 aromatic heterocycles. The van der Waals surface area contributed by atoms with Gasteiger partial charge in [-0.3, -0.25) is 9.59 Å². The highest BCUT2D eigenvalue weighted by Gasteiger charge is 2.46. The van der Waals surface area contributed by atoms with Crippen molar-refractivity contribution in [1.82, 2.24) is 14.8 Å². The van der Waals surface area contributed by atoms with Crippen molar-refractivity contribution in [3.05, 3.63) is 62.4 Å². The molecule has 2 heterocycles. The highest BCUT2D eigenvalue weighted by atomic mass is 79.9. The zero-order chi connectivity index (χ0) is 25.9. The van der Waals surface area contributed by atoms with E-state index < -0.39 is 23.7 Å². The van der Waals surface area contributed by atoms with Gasteiger partial charge in [-0.2, -0.15) is 0 Å². The van der Waals surface area contributed by atoms with Gasteiger partial charge in [0.25, 0.3) is 11.7 Å². The van der Waals surface area contributed by atoms with Crippen molar-refractivity contribution in [1.29, 1.82) is 0 Å². The summed E-state index contributed by atoms with van der Waals surface area (Å²) in [7, 11) is 1.27. The van der Waals surface area contributed by atoms with E-state index in [1.54, 1.807) is 13.8 Å². The molecule has 0 radical (unpaired) electrons. The minimum absolute atomic E-state index is 0.0116. The predicted molar refractivity (Wildman–Crippen MR) is 137 cm³/mol. The molecule has 0 unspecified atom stereocenters. The summed E-state index contributed by atoms with van der Waals surface area (Å²) in [5.74, 6) is -2.27. The van der Waals surface area contributed by atoms with Crippen molar-refractivity contribution >= 4 is 39.3 Å². The van der Waals surface area contributed by atoms with Crippen LogP contribution >= 0.6 is 15.9 Å². The summed E-state index contributed by atoms with van der Waals surface area (Å²) in [6, 6.07) is 6.62. The number of carbonyl (C=O) groups excluding carboxylic acids is 3. The lowest BCUT2D eigenvalue weighted by molar-refractivity contribution is -0.140. The van der Waals surface area contributed by atoms with Crippen LogP contribution in [0.25, 0.3) is 5.76 Å². The van der Waals surface area contributed by atoms with Gasteiger partial charge in [-0.1, -0.05) is 41.9 Å². The molecular formula is C26H32BrN3O5. The number of aryl methyl sites for hydroxylation is 1. The van der Waals surface area contributed by atoms with E-state index in [1.165, 1.54) is 12.0 Å². The zero-order valence-corrected chi connectivity index (χ0v) is 22.4. The molecule has 2 N–H and O–H groups in total. The normalized spacial score (nSPS) is 17.5. The summed E-state index contributed by atoms with van der Waals surface area (Å²) in [4.78, 5) is 45.4. The maximum absolute atomic E-state index is 13.3. The highest BCUT2D eigenvalue weighted by molar-refractivity contribution is 9.10. The first kappa shape index (κ1) is 26.7. The van der Waals surface area contributed by atoms with Crippen LogP contribution in [0.3, 0.4) is 0 Å². The molecule has 1 aromatic carbocycles. The number of carbonyl (C=O) groups is 3. The Morgan fingerprint density at radius 3 is 2.51 bits per heavy atom. The molecule has 0 saturated carbocycles. The number of amides is 1. The van der Waals surface area contributed by atoms with Gasteiger partial charge < -0.3 is 24.6 Å². The van der Waals surface area contributed by atoms with Crippen molar-refractivity contribution < 1.29 is 24.2 Å². The van der Waals surface area contributed by atoms with E-state index in [2.05, 4.69) is 39.7 Å². The van der Waals surface area contributed by atoms with Crippen LogP contribution in [-0.4, -0.2) is 70.8 Å². The third-order valence-corrected chi connectivity index (χ3v) is 7.03. The number of aliphatic hydroxyl groups is 1. The number of rotatable bonds is 9. The number of Topliss-reactive ketones (excluding diaryl/α,β-unsaturated/α-hetero) is 1. The predicted octanol–water partition coefficient (Wildman–Crippen LogP) is 4.33. The van der Waals surface area contributed by atoms with Crippen LogP contribution in [-0.2, 0) is 14.3 Å². The van der Waals surface area contributed by atoms with Gasteiger partial charge in [0, 0.05) is 22.3 Å². The van der Waals surface area contributed by atoms with Crippen LogP contribution in [0.2, 0.25) is 0 Å². The number of H-pyrrole nitrogens is 1. The van der Waals surface area contributed by atoms with Crippen molar-refractivity contribution in [3.8, 4) is 0 Å². The maximum atomic E-state index is 13.3. The van der Waals surface area contributed by atoms with Gasteiger partial charge in [0.1, 0.15) is 11.5 Å². The molecule has 35 heavy (non-hydrogen) atoms. The minimum Gasteiger partial charge on any atom is -0.507 e. The second-order valence-electron chi connectivity index (χ2n) is 8.54. The number of ether oxygens (including phenoxy) is 1. The number of benzene rings is 1. The fourth-order valence-electron chi connectivity index (χ4n) is 4.68. The molecule has 1 amide bonds. The Bertz CT molecular complexity index is 1170. The smallest absolute Gasteiger partial charge is 0.354 e. The number of methoxy groups -OCH3 is 1. The van der Waals surface area contributed by atoms with E-state index in [4.69, 9.17) is 4.74 Å². The lowest BCUT2D eigenvalue weighted by Crippen LogP contribution is -2.33. The first-order chi connectivity index (χ1) is 16.7. The summed E-state index contributed by atoms with van der Waals surface area (Å²) in [6.45, 7) is 10.5. The third kappa shape index (κ3) is 5.21. The second-order valence-corrected chi connectivity index (χ2v) is 9.46. The Morgan fingerprint density at radius 2 is 1.91 bits per heavy atom. The summed E-state index contributed by atoms with van der Waals surface area (Å²) in [5.41, 5.74) is 2.19. The van der Waals surface area contributed by atoms with Gasteiger partial charge in [0.15, 0.2) is 0 Å². The van der Waals surface area contributed by atoms with Crippen LogP contribution in [0.1, 0.15) is 59.2 Å². The number of hydrogen-bond acceptors (Lipinski definition) is 6. The summed E-state index contributed by atoms with van der Waals surface area (Å²) in [5, 5.41) is 11.4. The fraction of sp³-hybridized carbons (Fsp3) is 0.423. The molecule has 1 saturated heterocycles. The van der Waals surface area contributed by atoms with E-state index in [0.717, 1.165) is 24.1 Å². The number of hydrogen-bond donors (Lipinski definition) is 2. The number of esters is 1. The van der Waals surface area contributed by atoms with Gasteiger partial charge in [-0.15, -0.1) is 0 Å². The molecule has 0 aliphatic carbocycles. The molecule has 0 bridgehead atoms. The molecule has 2 aromatic rings. The lowest BCUT2D eigenvalue weighted by Gasteiger charge is -2.27. The summed E-state index contributed by atoms with van der Waals surface area (Å²) in [6.07, 6.45) is 0.688. The topological polar surface area (TPSA) is 103 Å². The number of nitrogens with zero attached hydrogens (tertiary/aromatic N) is 2. The number of aromatic amines is 1. The Balaban J connectivity index is 2.12. The highest BCUT2D eigenvalue weighted by Crippen LogP contribution is 2.41. The third-order valence-electron chi connectivity index (χ3n) is 6.54. The Morgan fingerprint density at radius 1 is 1.23 bits per heavy atom. The molecule has 1 aliphatic rings. The standard InChI is InChI=1S/C26H32BrN3O5/c1-6-29(7-2)12-9-13-30-22(17-10-8-11-18(27)14-17)20(24(32)25(30)33)23(31)19-15(3)21(26(34)35-5)28-16(19)4/h8,10-11,14,22,28,31H,6-7,9,12-13H2,1-5H3/b23-20+/t22-/m0/s1. The SMILES string of the molecule is CCN(CC)CCCN1C(=O)C(=O)/C(=C(/O)c2c(C)[nH]c(C(=O)OC)c2C)[C@@H]1c1cccc(Br)c1. The van der Waals surface area contributed by atoms with Crippen molar-refractivity contribution in [2.24, 2.45) is 0 Å². The molecule has 188 valence electrons. The number of ketones is 1. The van der Waals surface area contributed by atoms with Crippen molar-refractivity contribution in [3.63, 3.8) is 0 Å². The van der Waals surface area contributed by atoms with E-state index in [0.29, 0.717) is 35.3 Å². The number of halogens is 1. The Kier molecular flexibility index (Phi) is 8.56. The van der Waals surface area contributed by atoms with Gasteiger partial charge in [-0.05, 0) is 63.2 Å². The van der Waals surface area contributed by atoms with Gasteiger partial charge in [-0.25, -0.2) is 4.79 Å². The fourth-order valence-corrected chi connectivity index (χ4v) is 5.10. The number of nitrogens with one attached hydrogen (secondary N) is 1. The second kappa shape index (κ2) is 11.2. The lowest BCUT2D eigenvalue weighted by atomic mass is 9.94. The largest absolute Gasteiger partial charge is 0.507 e. The van der Waals surface area contributed by atoms with Gasteiger partial charge in [0.05, 0.1) is 18.7 Å². The molecule has 1 atom stereocenters. The van der Waals surface area contributed by atoms with E-state index in [9.17, 15) is 19.5 Å². The van der Waals surface area contributed by atoms with E-state index in [1.807, 2.05) is 24.3 Å². The number of aliphatic hydroxyl groups excluding tert-OH is 1. The monoisotopic (exact) mass is 545 g/mol. The molecular weight excluding hydrogens is 514 g/mol. The molecule has 3 rings (SSSR count). The number of likely N-dealkylation sites (tertiary alicyclic amines) is 1.